The first kappa shape index (κ1) is 25.7. The number of pyridine rings is 2. The van der Waals surface area contributed by atoms with E-state index in [4.69, 9.17) is 11.6 Å². The van der Waals surface area contributed by atoms with E-state index in [1.165, 1.54) is 18.3 Å². The number of aromatic nitrogens is 2. The molecule has 3 rings (SSSR count). The molecule has 1 N–H and O–H groups in total. The maximum atomic E-state index is 12.9. The van der Waals surface area contributed by atoms with E-state index in [9.17, 15) is 40.7 Å². The summed E-state index contributed by atoms with van der Waals surface area (Å²) in [6.45, 7) is 0. The quantitative estimate of drug-likeness (QED) is 0.516. The molecule has 0 aliphatic carbocycles. The van der Waals surface area contributed by atoms with Crippen molar-refractivity contribution in [1.29, 1.82) is 0 Å². The van der Waals surface area contributed by atoms with Crippen LogP contribution in [0.3, 0.4) is 0 Å². The molecule has 14 heteroatoms. The number of benzene rings is 1. The number of hydrogen-bond acceptors (Lipinski definition) is 5. The third kappa shape index (κ3) is 6.18. The van der Waals surface area contributed by atoms with Crippen LogP contribution in [0.4, 0.5) is 26.3 Å². The maximum Gasteiger partial charge on any atom is 0.493 e. The minimum absolute atomic E-state index is 0.0547. The smallest absolute Gasteiger partial charge is 0.339 e. The average Bonchev–Trinajstić information content (AvgIpc) is 2.78. The highest BCUT2D eigenvalue weighted by molar-refractivity contribution is 6.31. The Labute approximate surface area is 196 Å². The molecule has 0 spiro atoms. The van der Waals surface area contributed by atoms with Crippen LogP contribution < -0.4 is 15.7 Å². The van der Waals surface area contributed by atoms with Gasteiger partial charge in [-0.25, -0.2) is 4.79 Å². The number of carbonyl (C=O) groups excluding carboxylic acids is 2. The second kappa shape index (κ2) is 9.78. The molecule has 1 aromatic carbocycles. The molecule has 2 heterocycles. The molecule has 1 amide bonds. The van der Waals surface area contributed by atoms with Gasteiger partial charge in [0.15, 0.2) is 0 Å². The van der Waals surface area contributed by atoms with E-state index in [0.29, 0.717) is 12.3 Å². The van der Waals surface area contributed by atoms with Crippen molar-refractivity contribution in [3.8, 4) is 0 Å². The van der Waals surface area contributed by atoms with E-state index in [-0.39, 0.29) is 21.0 Å². The SMILES string of the molecule is O=C(NC(c1ccc(C(F)(F)F)cc1)c1ncccc1Cl)c1ccc(=O)n(OC(=O)C(F)(F)F)c1. The maximum absolute atomic E-state index is 12.9. The molecule has 1 atom stereocenters. The number of halogens is 7. The van der Waals surface area contributed by atoms with Gasteiger partial charge in [-0.3, -0.25) is 14.6 Å². The Morgan fingerprint density at radius 2 is 1.66 bits per heavy atom. The molecule has 7 nitrogen and oxygen atoms in total. The summed E-state index contributed by atoms with van der Waals surface area (Å²) in [7, 11) is 0. The lowest BCUT2D eigenvalue weighted by molar-refractivity contribution is -0.200. The molecule has 0 aliphatic rings. The van der Waals surface area contributed by atoms with Crippen LogP contribution in [0.5, 0.6) is 0 Å². The molecule has 184 valence electrons. The van der Waals surface area contributed by atoms with Crippen molar-refractivity contribution in [3.05, 3.63) is 98.7 Å². The van der Waals surface area contributed by atoms with Crippen LogP contribution in [0, 0.1) is 0 Å². The van der Waals surface area contributed by atoms with Crippen molar-refractivity contribution in [2.75, 3.05) is 0 Å². The van der Waals surface area contributed by atoms with E-state index in [0.717, 1.165) is 30.3 Å². The number of nitrogens with zero attached hydrogens (tertiary/aromatic N) is 2. The zero-order valence-corrected chi connectivity index (χ0v) is 17.8. The van der Waals surface area contributed by atoms with E-state index < -0.39 is 47.0 Å². The van der Waals surface area contributed by atoms with Gasteiger partial charge in [-0.2, -0.15) is 26.3 Å². The summed E-state index contributed by atoms with van der Waals surface area (Å²) in [5.74, 6) is -3.69. The first-order chi connectivity index (χ1) is 16.3. The summed E-state index contributed by atoms with van der Waals surface area (Å²) in [6.07, 6.45) is -8.14. The molecule has 0 fully saturated rings. The number of carbonyl (C=O) groups is 2. The zero-order chi connectivity index (χ0) is 26.0. The predicted molar refractivity (Wildman–Crippen MR) is 108 cm³/mol. The van der Waals surface area contributed by atoms with Crippen LogP contribution in [0.2, 0.25) is 5.02 Å². The molecule has 0 saturated carbocycles. The molecule has 0 radical (unpaired) electrons. The van der Waals surface area contributed by atoms with Gasteiger partial charge >= 0.3 is 18.3 Å². The summed E-state index contributed by atoms with van der Waals surface area (Å²) in [4.78, 5) is 43.6. The minimum atomic E-state index is -5.40. The summed E-state index contributed by atoms with van der Waals surface area (Å²) in [5.41, 5.74) is -2.34. The van der Waals surface area contributed by atoms with Crippen LogP contribution in [0.15, 0.2) is 65.7 Å². The fourth-order valence-corrected chi connectivity index (χ4v) is 3.04. The monoisotopic (exact) mass is 519 g/mol. The minimum Gasteiger partial charge on any atom is -0.339 e. The van der Waals surface area contributed by atoms with Gasteiger partial charge in [-0.1, -0.05) is 23.7 Å². The standard InChI is InChI=1S/C21H12ClF6N3O4/c22-14-2-1-9-29-17(14)16(11-3-6-13(7-4-11)20(23,24)25)30-18(33)12-5-8-15(32)31(10-12)35-19(34)21(26,27)28/h1-10,16H,(H,30,33). The van der Waals surface area contributed by atoms with E-state index >= 15 is 0 Å². The highest BCUT2D eigenvalue weighted by Gasteiger charge is 2.42. The molecule has 0 saturated heterocycles. The third-order valence-corrected chi connectivity index (χ3v) is 4.78. The first-order valence-corrected chi connectivity index (χ1v) is 9.76. The van der Waals surface area contributed by atoms with Crippen molar-refractivity contribution >= 4 is 23.5 Å². The Morgan fingerprint density at radius 3 is 2.23 bits per heavy atom. The van der Waals surface area contributed by atoms with Crippen LogP contribution in [-0.2, 0) is 11.0 Å². The largest absolute Gasteiger partial charge is 0.493 e. The third-order valence-electron chi connectivity index (χ3n) is 4.46. The Hall–Kier alpha value is -3.87. The molecule has 1 unspecified atom stereocenters. The lowest BCUT2D eigenvalue weighted by Gasteiger charge is -2.21. The summed E-state index contributed by atoms with van der Waals surface area (Å²) in [5, 5.41) is 2.51. The molecule has 2 aromatic heterocycles. The summed E-state index contributed by atoms with van der Waals surface area (Å²) >= 11 is 6.14. The lowest BCUT2D eigenvalue weighted by Crippen LogP contribution is -2.39. The van der Waals surface area contributed by atoms with E-state index in [1.54, 1.807) is 0 Å². The van der Waals surface area contributed by atoms with Crippen LogP contribution in [0.1, 0.15) is 33.2 Å². The van der Waals surface area contributed by atoms with Crippen LogP contribution >= 0.6 is 11.6 Å². The fraction of sp³-hybridized carbons (Fsp3) is 0.143. The molecular formula is C21H12ClF6N3O4. The van der Waals surface area contributed by atoms with Crippen LogP contribution in [0.25, 0.3) is 0 Å². The Balaban J connectivity index is 1.96. The number of nitrogens with one attached hydrogen (secondary N) is 1. The van der Waals surface area contributed by atoms with Crippen molar-refractivity contribution in [2.24, 2.45) is 0 Å². The highest BCUT2D eigenvalue weighted by Crippen LogP contribution is 2.32. The van der Waals surface area contributed by atoms with Gasteiger partial charge in [0.1, 0.15) is 0 Å². The topological polar surface area (TPSA) is 90.3 Å². The molecule has 0 bridgehead atoms. The number of amides is 1. The average molecular weight is 520 g/mol. The van der Waals surface area contributed by atoms with Crippen molar-refractivity contribution in [2.45, 2.75) is 18.4 Å². The lowest BCUT2D eigenvalue weighted by atomic mass is 10.0. The van der Waals surface area contributed by atoms with Crippen molar-refractivity contribution in [3.63, 3.8) is 0 Å². The van der Waals surface area contributed by atoms with Gasteiger partial charge in [-0.15, -0.1) is 4.73 Å². The van der Waals surface area contributed by atoms with Gasteiger partial charge in [0.2, 0.25) is 0 Å². The van der Waals surface area contributed by atoms with Gasteiger partial charge < -0.3 is 10.2 Å². The van der Waals surface area contributed by atoms with Gasteiger partial charge in [0, 0.05) is 12.3 Å². The van der Waals surface area contributed by atoms with Gasteiger partial charge in [0.25, 0.3) is 11.5 Å². The number of rotatable bonds is 5. The molecular weight excluding hydrogens is 508 g/mol. The Kier molecular flexibility index (Phi) is 7.19. The summed E-state index contributed by atoms with van der Waals surface area (Å²) in [6, 6.07) is 7.06. The fourth-order valence-electron chi connectivity index (χ4n) is 2.81. The van der Waals surface area contributed by atoms with Gasteiger partial charge in [-0.05, 0) is 35.9 Å². The zero-order valence-electron chi connectivity index (χ0n) is 17.0. The van der Waals surface area contributed by atoms with Gasteiger partial charge in [0.05, 0.1) is 34.1 Å². The molecule has 3 aromatic rings. The number of hydrogen-bond donors (Lipinski definition) is 1. The summed E-state index contributed by atoms with van der Waals surface area (Å²) < 4.78 is 76.1. The van der Waals surface area contributed by atoms with Crippen molar-refractivity contribution < 1.29 is 40.8 Å². The highest BCUT2D eigenvalue weighted by atomic mass is 35.5. The Morgan fingerprint density at radius 1 is 1.00 bits per heavy atom. The van der Waals surface area contributed by atoms with E-state index in [1.807, 2.05) is 0 Å². The van der Waals surface area contributed by atoms with Crippen LogP contribution in [-0.4, -0.2) is 27.8 Å². The molecule has 35 heavy (non-hydrogen) atoms. The second-order valence-electron chi connectivity index (χ2n) is 6.86. The first-order valence-electron chi connectivity index (χ1n) is 9.38. The normalized spacial score (nSPS) is 12.7. The predicted octanol–water partition coefficient (Wildman–Crippen LogP) is 3.95. The number of alkyl halides is 6. The van der Waals surface area contributed by atoms with Crippen molar-refractivity contribution in [1.82, 2.24) is 15.0 Å². The van der Waals surface area contributed by atoms with E-state index in [2.05, 4.69) is 15.1 Å². The second-order valence-corrected chi connectivity index (χ2v) is 7.26. The Bertz CT molecular complexity index is 1310. The molecule has 0 aliphatic heterocycles.